The molecule has 0 N–H and O–H groups in total. The van der Waals surface area contributed by atoms with Crippen molar-refractivity contribution in [1.82, 2.24) is 0 Å². The Morgan fingerprint density at radius 3 is 2.46 bits per heavy atom. The Morgan fingerprint density at radius 2 is 1.92 bits per heavy atom. The summed E-state index contributed by atoms with van der Waals surface area (Å²) in [7, 11) is 0. The number of nitroso groups, excluding NO2 is 1. The SMILES string of the molecule is O=NC(=O)/C=C/c1ccc(Br)cc1. The van der Waals surface area contributed by atoms with Crippen molar-refractivity contribution in [3.8, 4) is 0 Å². The molecule has 66 valence electrons. The second kappa shape index (κ2) is 4.67. The van der Waals surface area contributed by atoms with Crippen molar-refractivity contribution in [2.75, 3.05) is 0 Å². The van der Waals surface area contributed by atoms with E-state index < -0.39 is 5.91 Å². The Hall–Kier alpha value is -1.29. The molecule has 0 aliphatic rings. The molecule has 0 fully saturated rings. The fourth-order valence-corrected chi connectivity index (χ4v) is 1.04. The number of halogens is 1. The Bertz CT molecular complexity index is 343. The smallest absolute Gasteiger partial charge is 0.264 e. The summed E-state index contributed by atoms with van der Waals surface area (Å²) in [4.78, 5) is 20.2. The largest absolute Gasteiger partial charge is 0.309 e. The topological polar surface area (TPSA) is 46.5 Å². The molecule has 0 unspecified atom stereocenters. The molecule has 1 aromatic carbocycles. The van der Waals surface area contributed by atoms with E-state index in [0.717, 1.165) is 16.1 Å². The molecule has 1 rings (SSSR count). The van der Waals surface area contributed by atoms with Crippen molar-refractivity contribution in [2.45, 2.75) is 0 Å². The Balaban J connectivity index is 2.74. The molecule has 0 spiro atoms. The standard InChI is InChI=1S/C9H6BrNO2/c10-8-4-1-7(2-5-8)3-6-9(12)11-13/h1-6H/b6-3+. The Labute approximate surface area is 83.6 Å². The molecule has 0 aliphatic heterocycles. The lowest BCUT2D eigenvalue weighted by molar-refractivity contribution is -0.113. The maximum absolute atomic E-state index is 10.5. The number of hydrogen-bond donors (Lipinski definition) is 0. The maximum Gasteiger partial charge on any atom is 0.309 e. The van der Waals surface area contributed by atoms with E-state index in [1.165, 1.54) is 6.08 Å². The Morgan fingerprint density at radius 1 is 1.31 bits per heavy atom. The molecule has 3 nitrogen and oxygen atoms in total. The van der Waals surface area contributed by atoms with Crippen molar-refractivity contribution < 1.29 is 4.79 Å². The summed E-state index contributed by atoms with van der Waals surface area (Å²) in [5.74, 6) is -0.775. The normalized spacial score (nSPS) is 10.2. The highest BCUT2D eigenvalue weighted by molar-refractivity contribution is 9.10. The fourth-order valence-electron chi connectivity index (χ4n) is 0.772. The van der Waals surface area contributed by atoms with Crippen molar-refractivity contribution in [1.29, 1.82) is 0 Å². The molecule has 0 atom stereocenters. The first kappa shape index (κ1) is 9.80. The van der Waals surface area contributed by atoms with E-state index in [9.17, 15) is 9.70 Å². The molecular weight excluding hydrogens is 234 g/mol. The van der Waals surface area contributed by atoms with Gasteiger partial charge in [-0.1, -0.05) is 28.1 Å². The van der Waals surface area contributed by atoms with Crippen molar-refractivity contribution in [3.63, 3.8) is 0 Å². The lowest BCUT2D eigenvalue weighted by Crippen LogP contribution is -1.82. The zero-order chi connectivity index (χ0) is 9.68. The van der Waals surface area contributed by atoms with Gasteiger partial charge in [-0.3, -0.25) is 4.79 Å². The lowest BCUT2D eigenvalue weighted by atomic mass is 10.2. The van der Waals surface area contributed by atoms with Crippen LogP contribution in [0.4, 0.5) is 0 Å². The molecule has 1 aromatic rings. The van der Waals surface area contributed by atoms with Gasteiger partial charge < -0.3 is 0 Å². The third kappa shape index (κ3) is 3.29. The van der Waals surface area contributed by atoms with E-state index in [0.29, 0.717) is 0 Å². The molecular formula is C9H6BrNO2. The van der Waals surface area contributed by atoms with Crippen molar-refractivity contribution in [3.05, 3.63) is 45.3 Å². The van der Waals surface area contributed by atoms with Gasteiger partial charge in [0.05, 0.1) is 0 Å². The number of carbonyl (C=O) groups excluding carboxylic acids is 1. The van der Waals surface area contributed by atoms with Gasteiger partial charge in [0, 0.05) is 15.7 Å². The number of carbonyl (C=O) groups is 1. The fraction of sp³-hybridized carbons (Fsp3) is 0. The minimum absolute atomic E-state index is 0.775. The van der Waals surface area contributed by atoms with Crippen LogP contribution >= 0.6 is 15.9 Å². The van der Waals surface area contributed by atoms with E-state index in [4.69, 9.17) is 0 Å². The maximum atomic E-state index is 10.5. The second-order valence-corrected chi connectivity index (χ2v) is 3.23. The molecule has 0 radical (unpaired) electrons. The van der Waals surface area contributed by atoms with Crippen LogP contribution in [0.15, 0.2) is 40.0 Å². The molecule has 4 heteroatoms. The van der Waals surface area contributed by atoms with Crippen LogP contribution in [0.5, 0.6) is 0 Å². The van der Waals surface area contributed by atoms with Gasteiger partial charge in [0.1, 0.15) is 0 Å². The van der Waals surface area contributed by atoms with Crippen LogP contribution in [0.25, 0.3) is 6.08 Å². The number of nitrogens with zero attached hydrogens (tertiary/aromatic N) is 1. The average Bonchev–Trinajstić information content (AvgIpc) is 2.16. The summed E-state index contributed by atoms with van der Waals surface area (Å²) >= 11 is 3.28. The van der Waals surface area contributed by atoms with Crippen LogP contribution in [0.1, 0.15) is 5.56 Å². The molecule has 0 saturated heterocycles. The zero-order valence-corrected chi connectivity index (χ0v) is 8.19. The van der Waals surface area contributed by atoms with Crippen LogP contribution in [0.3, 0.4) is 0 Å². The van der Waals surface area contributed by atoms with Crippen LogP contribution in [-0.2, 0) is 4.79 Å². The third-order valence-corrected chi connectivity index (χ3v) is 1.91. The minimum Gasteiger partial charge on any atom is -0.264 e. The van der Waals surface area contributed by atoms with Gasteiger partial charge in [0.2, 0.25) is 0 Å². The average molecular weight is 240 g/mol. The van der Waals surface area contributed by atoms with Gasteiger partial charge in [-0.25, -0.2) is 0 Å². The summed E-state index contributed by atoms with van der Waals surface area (Å²) in [6, 6.07) is 7.33. The first-order chi connectivity index (χ1) is 6.22. The zero-order valence-electron chi connectivity index (χ0n) is 6.61. The number of rotatable bonds is 2. The lowest BCUT2D eigenvalue weighted by Gasteiger charge is -1.91. The van der Waals surface area contributed by atoms with Crippen LogP contribution < -0.4 is 0 Å². The van der Waals surface area contributed by atoms with E-state index in [1.54, 1.807) is 0 Å². The third-order valence-electron chi connectivity index (χ3n) is 1.38. The first-order valence-corrected chi connectivity index (χ1v) is 4.32. The molecule has 13 heavy (non-hydrogen) atoms. The first-order valence-electron chi connectivity index (χ1n) is 3.53. The summed E-state index contributed by atoms with van der Waals surface area (Å²) in [5, 5.41) is 2.24. The van der Waals surface area contributed by atoms with Crippen LogP contribution in [-0.4, -0.2) is 5.91 Å². The summed E-state index contributed by atoms with van der Waals surface area (Å²) in [6.07, 6.45) is 2.67. The molecule has 0 aliphatic carbocycles. The van der Waals surface area contributed by atoms with Gasteiger partial charge in [0.15, 0.2) is 0 Å². The molecule has 1 amide bonds. The number of amides is 1. The highest BCUT2D eigenvalue weighted by atomic mass is 79.9. The van der Waals surface area contributed by atoms with Gasteiger partial charge in [-0.15, -0.1) is 4.91 Å². The van der Waals surface area contributed by atoms with Crippen molar-refractivity contribution in [2.24, 2.45) is 5.18 Å². The quantitative estimate of drug-likeness (QED) is 0.589. The Kier molecular flexibility index (Phi) is 3.52. The van der Waals surface area contributed by atoms with Crippen LogP contribution in [0, 0.1) is 4.91 Å². The predicted molar refractivity (Wildman–Crippen MR) is 54.0 cm³/mol. The van der Waals surface area contributed by atoms with E-state index in [-0.39, 0.29) is 0 Å². The van der Waals surface area contributed by atoms with E-state index >= 15 is 0 Å². The van der Waals surface area contributed by atoms with Gasteiger partial charge in [0.25, 0.3) is 0 Å². The molecule has 0 bridgehead atoms. The van der Waals surface area contributed by atoms with Gasteiger partial charge in [-0.2, -0.15) is 0 Å². The summed E-state index contributed by atoms with van der Waals surface area (Å²) in [6.45, 7) is 0. The number of hydrogen-bond acceptors (Lipinski definition) is 2. The molecule has 0 heterocycles. The van der Waals surface area contributed by atoms with Gasteiger partial charge >= 0.3 is 5.91 Å². The summed E-state index contributed by atoms with van der Waals surface area (Å²) < 4.78 is 0.962. The second-order valence-electron chi connectivity index (χ2n) is 2.31. The molecule has 0 aromatic heterocycles. The summed E-state index contributed by atoms with van der Waals surface area (Å²) in [5.41, 5.74) is 0.847. The predicted octanol–water partition coefficient (Wildman–Crippen LogP) is 2.76. The monoisotopic (exact) mass is 239 g/mol. The van der Waals surface area contributed by atoms with Gasteiger partial charge in [-0.05, 0) is 23.8 Å². The minimum atomic E-state index is -0.775. The van der Waals surface area contributed by atoms with E-state index in [2.05, 4.69) is 21.1 Å². The van der Waals surface area contributed by atoms with Crippen molar-refractivity contribution >= 4 is 27.9 Å². The highest BCUT2D eigenvalue weighted by Crippen LogP contribution is 2.11. The number of benzene rings is 1. The molecule has 0 saturated carbocycles. The van der Waals surface area contributed by atoms with Crippen LogP contribution in [0.2, 0.25) is 0 Å². The van der Waals surface area contributed by atoms with E-state index in [1.807, 2.05) is 24.3 Å². The highest BCUT2D eigenvalue weighted by Gasteiger charge is 1.92.